The van der Waals surface area contributed by atoms with Gasteiger partial charge in [-0.05, 0) is 61.9 Å². The lowest BCUT2D eigenvalue weighted by Gasteiger charge is -2.17. The third-order valence-electron chi connectivity index (χ3n) is 4.92. The van der Waals surface area contributed by atoms with Crippen LogP contribution in [0.4, 0.5) is 14.5 Å². The predicted octanol–water partition coefficient (Wildman–Crippen LogP) is 4.58. The molecule has 0 saturated carbocycles. The molecule has 0 fully saturated rings. The van der Waals surface area contributed by atoms with Crippen LogP contribution < -0.4 is 19.5 Å². The van der Waals surface area contributed by atoms with Crippen molar-refractivity contribution in [2.75, 3.05) is 12.4 Å². The van der Waals surface area contributed by atoms with Gasteiger partial charge >= 0.3 is 6.61 Å². The molecule has 0 aliphatic heterocycles. The van der Waals surface area contributed by atoms with Crippen molar-refractivity contribution >= 4 is 21.6 Å². The number of nitrogens with one attached hydrogen (secondary N) is 2. The molecule has 3 aromatic rings. The van der Waals surface area contributed by atoms with E-state index in [1.54, 1.807) is 36.4 Å². The van der Waals surface area contributed by atoms with Gasteiger partial charge in [-0.15, -0.1) is 0 Å². The van der Waals surface area contributed by atoms with E-state index in [1.165, 1.54) is 44.4 Å². The van der Waals surface area contributed by atoms with Crippen molar-refractivity contribution in [2.24, 2.45) is 0 Å². The van der Waals surface area contributed by atoms with E-state index in [0.717, 1.165) is 5.56 Å². The number of anilines is 1. The first-order valence-corrected chi connectivity index (χ1v) is 11.7. The van der Waals surface area contributed by atoms with Gasteiger partial charge in [-0.1, -0.05) is 29.8 Å². The van der Waals surface area contributed by atoms with E-state index in [1.807, 2.05) is 6.92 Å². The Balaban J connectivity index is 1.80. The number of halogens is 2. The second-order valence-corrected chi connectivity index (χ2v) is 9.18. The fourth-order valence-electron chi connectivity index (χ4n) is 3.12. The van der Waals surface area contributed by atoms with Gasteiger partial charge in [0.25, 0.3) is 0 Å². The van der Waals surface area contributed by atoms with E-state index in [2.05, 4.69) is 14.8 Å². The number of sulfonamides is 1. The highest BCUT2D eigenvalue weighted by Gasteiger charge is 2.22. The van der Waals surface area contributed by atoms with E-state index >= 15 is 0 Å². The van der Waals surface area contributed by atoms with Gasteiger partial charge < -0.3 is 14.8 Å². The molecule has 0 radical (unpaired) electrons. The molecule has 1 atom stereocenters. The van der Waals surface area contributed by atoms with E-state index in [9.17, 15) is 22.0 Å². The maximum absolute atomic E-state index is 12.9. The SMILES string of the molecule is COc1ccc(-c2cc(NC(=O)[C@H](C)NS(=O)(=O)c3ccc(C)cc3)ccc2OC(F)F)cc1. The maximum atomic E-state index is 12.9. The van der Waals surface area contributed by atoms with Crippen LogP contribution in [0.15, 0.2) is 71.6 Å². The van der Waals surface area contributed by atoms with Crippen molar-refractivity contribution in [1.82, 2.24) is 4.72 Å². The van der Waals surface area contributed by atoms with E-state index < -0.39 is 28.6 Å². The highest BCUT2D eigenvalue weighted by molar-refractivity contribution is 7.89. The number of rotatable bonds is 9. The number of amides is 1. The minimum atomic E-state index is -3.92. The molecule has 0 aliphatic carbocycles. The van der Waals surface area contributed by atoms with Crippen LogP contribution in [0.5, 0.6) is 11.5 Å². The normalized spacial score (nSPS) is 12.3. The van der Waals surface area contributed by atoms with Crippen molar-refractivity contribution in [2.45, 2.75) is 31.4 Å². The van der Waals surface area contributed by atoms with Crippen LogP contribution in [-0.4, -0.2) is 34.1 Å². The summed E-state index contributed by atoms with van der Waals surface area (Å²) in [5.41, 5.74) is 2.05. The summed E-state index contributed by atoms with van der Waals surface area (Å²) in [5, 5.41) is 2.60. The summed E-state index contributed by atoms with van der Waals surface area (Å²) in [7, 11) is -2.41. The van der Waals surface area contributed by atoms with Crippen molar-refractivity contribution in [1.29, 1.82) is 0 Å². The first-order valence-electron chi connectivity index (χ1n) is 10.2. The first-order chi connectivity index (χ1) is 16.1. The second kappa shape index (κ2) is 10.6. The standard InChI is InChI=1S/C24H24F2N2O5S/c1-15-4-11-20(12-5-15)34(30,31)28-16(2)23(29)27-18-8-13-22(33-24(25)26)21(14-18)17-6-9-19(32-3)10-7-17/h4-14,16,24,28H,1-3H3,(H,27,29)/t16-/m0/s1. The zero-order valence-corrected chi connectivity index (χ0v) is 19.5. The zero-order valence-electron chi connectivity index (χ0n) is 18.7. The summed E-state index contributed by atoms with van der Waals surface area (Å²) >= 11 is 0. The molecule has 0 aromatic heterocycles. The Hall–Kier alpha value is -3.50. The lowest BCUT2D eigenvalue weighted by molar-refractivity contribution is -0.117. The molecule has 0 saturated heterocycles. The molecule has 7 nitrogen and oxygen atoms in total. The maximum Gasteiger partial charge on any atom is 0.387 e. The Morgan fingerprint density at radius 2 is 1.62 bits per heavy atom. The van der Waals surface area contributed by atoms with Crippen LogP contribution in [0, 0.1) is 6.92 Å². The van der Waals surface area contributed by atoms with Gasteiger partial charge in [-0.2, -0.15) is 13.5 Å². The molecular formula is C24H24F2N2O5S. The molecule has 180 valence electrons. The number of carbonyl (C=O) groups is 1. The van der Waals surface area contributed by atoms with Gasteiger partial charge in [-0.3, -0.25) is 4.79 Å². The Morgan fingerprint density at radius 1 is 0.971 bits per heavy atom. The fraction of sp³-hybridized carbons (Fsp3) is 0.208. The summed E-state index contributed by atoms with van der Waals surface area (Å²) in [5.74, 6) is -0.121. The predicted molar refractivity (Wildman–Crippen MR) is 125 cm³/mol. The smallest absolute Gasteiger partial charge is 0.387 e. The third kappa shape index (κ3) is 6.30. The monoisotopic (exact) mass is 490 g/mol. The van der Waals surface area contributed by atoms with Gasteiger partial charge in [-0.25, -0.2) is 8.42 Å². The summed E-state index contributed by atoms with van der Waals surface area (Å²) in [4.78, 5) is 12.7. The summed E-state index contributed by atoms with van der Waals surface area (Å²) in [6.45, 7) is 0.200. The number of hydrogen-bond acceptors (Lipinski definition) is 5. The fourth-order valence-corrected chi connectivity index (χ4v) is 4.33. The van der Waals surface area contributed by atoms with E-state index in [0.29, 0.717) is 16.9 Å². The summed E-state index contributed by atoms with van der Waals surface area (Å²) in [6, 6.07) is 15.9. The largest absolute Gasteiger partial charge is 0.497 e. The number of methoxy groups -OCH3 is 1. The summed E-state index contributed by atoms with van der Waals surface area (Å²) < 4.78 is 63.0. The molecule has 2 N–H and O–H groups in total. The Kier molecular flexibility index (Phi) is 7.85. The van der Waals surface area contributed by atoms with Crippen LogP contribution in [0.25, 0.3) is 11.1 Å². The number of hydrogen-bond donors (Lipinski definition) is 2. The number of alkyl halides is 2. The lowest BCUT2D eigenvalue weighted by Crippen LogP contribution is -2.41. The van der Waals surface area contributed by atoms with Crippen molar-refractivity contribution in [3.8, 4) is 22.6 Å². The second-order valence-electron chi connectivity index (χ2n) is 7.46. The number of ether oxygens (including phenoxy) is 2. The highest BCUT2D eigenvalue weighted by atomic mass is 32.2. The highest BCUT2D eigenvalue weighted by Crippen LogP contribution is 2.34. The first kappa shape index (κ1) is 25.1. The van der Waals surface area contributed by atoms with Gasteiger partial charge in [0, 0.05) is 11.3 Å². The van der Waals surface area contributed by atoms with Gasteiger partial charge in [0.05, 0.1) is 18.0 Å². The Morgan fingerprint density at radius 3 is 2.21 bits per heavy atom. The summed E-state index contributed by atoms with van der Waals surface area (Å²) in [6.07, 6.45) is 0. The minimum Gasteiger partial charge on any atom is -0.497 e. The van der Waals surface area contributed by atoms with E-state index in [-0.39, 0.29) is 16.3 Å². The number of benzene rings is 3. The van der Waals surface area contributed by atoms with Crippen LogP contribution >= 0.6 is 0 Å². The van der Waals surface area contributed by atoms with Crippen LogP contribution in [0.1, 0.15) is 12.5 Å². The number of carbonyl (C=O) groups excluding carboxylic acids is 1. The quantitative estimate of drug-likeness (QED) is 0.458. The average Bonchev–Trinajstić information content (AvgIpc) is 2.79. The molecule has 10 heteroatoms. The van der Waals surface area contributed by atoms with Crippen LogP contribution in [0.3, 0.4) is 0 Å². The number of aryl methyl sites for hydroxylation is 1. The average molecular weight is 491 g/mol. The Labute approximate surface area is 196 Å². The van der Waals surface area contributed by atoms with E-state index in [4.69, 9.17) is 4.74 Å². The molecule has 1 amide bonds. The molecule has 0 spiro atoms. The van der Waals surface area contributed by atoms with Crippen molar-refractivity contribution in [3.05, 3.63) is 72.3 Å². The van der Waals surface area contributed by atoms with Crippen molar-refractivity contribution < 1.29 is 31.5 Å². The van der Waals surface area contributed by atoms with Gasteiger partial charge in [0.1, 0.15) is 11.5 Å². The third-order valence-corrected chi connectivity index (χ3v) is 6.48. The molecule has 0 heterocycles. The molecule has 0 unspecified atom stereocenters. The topological polar surface area (TPSA) is 93.7 Å². The zero-order chi connectivity index (χ0) is 24.9. The molecule has 0 aliphatic rings. The van der Waals surface area contributed by atoms with Gasteiger partial charge in [0.15, 0.2) is 0 Å². The van der Waals surface area contributed by atoms with Gasteiger partial charge in [0.2, 0.25) is 15.9 Å². The molecule has 3 aromatic carbocycles. The van der Waals surface area contributed by atoms with Crippen LogP contribution in [-0.2, 0) is 14.8 Å². The molecule has 34 heavy (non-hydrogen) atoms. The lowest BCUT2D eigenvalue weighted by atomic mass is 10.0. The molecule has 0 bridgehead atoms. The molecule has 3 rings (SSSR count). The minimum absolute atomic E-state index is 0.0352. The van der Waals surface area contributed by atoms with Crippen molar-refractivity contribution in [3.63, 3.8) is 0 Å². The Bertz CT molecular complexity index is 1250. The van der Waals surface area contributed by atoms with Crippen LogP contribution in [0.2, 0.25) is 0 Å². The molecular weight excluding hydrogens is 466 g/mol.